The van der Waals surface area contributed by atoms with Gasteiger partial charge in [0.15, 0.2) is 5.60 Å². The lowest BCUT2D eigenvalue weighted by Crippen LogP contribution is -2.60. The van der Waals surface area contributed by atoms with Gasteiger partial charge in [0.2, 0.25) is 0 Å². The van der Waals surface area contributed by atoms with Gasteiger partial charge in [-0.05, 0) is 75.8 Å². The molecule has 4 fully saturated rings. The van der Waals surface area contributed by atoms with Crippen LogP contribution in [0.1, 0.15) is 46.0 Å². The van der Waals surface area contributed by atoms with Crippen molar-refractivity contribution < 1.29 is 9.84 Å². The highest BCUT2D eigenvalue weighted by Gasteiger charge is 2.56. The Morgan fingerprint density at radius 3 is 2.38 bits per heavy atom. The number of rotatable bonds is 4. The van der Waals surface area contributed by atoms with E-state index >= 15 is 0 Å². The lowest BCUT2D eigenvalue weighted by Gasteiger charge is -2.57. The van der Waals surface area contributed by atoms with Crippen LogP contribution in [0.4, 0.5) is 0 Å². The molecule has 4 aliphatic rings. The standard InChI is InChI=1S/C20H28N2O2/c1-19(2,24-16-6-4-3-5-7-16)18(21)22-17-15-9-13-8-14(10-15)12-20(17,23)11-13/h3-7,13-15,17,23H,8-12H2,1-2H3,(H2,21,22)/t13-,14?,15?,17-,20?/m0/s1. The second-order valence-corrected chi connectivity index (χ2v) is 8.60. The maximum absolute atomic E-state index is 11.2. The van der Waals surface area contributed by atoms with Crippen molar-refractivity contribution in [2.24, 2.45) is 28.5 Å². The van der Waals surface area contributed by atoms with E-state index in [-0.39, 0.29) is 6.04 Å². The number of amidine groups is 1. The second-order valence-electron chi connectivity index (χ2n) is 8.60. The Labute approximate surface area is 144 Å². The SMILES string of the molecule is CC(C)(Oc1ccccc1)C(N)=N[C@H]1C2CC3C[C@@H](C2)CC1(O)C3. The van der Waals surface area contributed by atoms with Crippen molar-refractivity contribution in [3.05, 3.63) is 30.3 Å². The molecule has 5 rings (SSSR count). The minimum Gasteiger partial charge on any atom is -0.480 e. The number of nitrogens with zero attached hydrogens (tertiary/aromatic N) is 1. The number of ether oxygens (including phenoxy) is 1. The minimum absolute atomic E-state index is 0.0658. The number of aliphatic hydroxyl groups is 1. The Kier molecular flexibility index (Phi) is 3.64. The molecule has 4 nitrogen and oxygen atoms in total. The molecule has 24 heavy (non-hydrogen) atoms. The third-order valence-corrected chi connectivity index (χ3v) is 6.23. The molecule has 4 aliphatic carbocycles. The first-order chi connectivity index (χ1) is 11.4. The molecular formula is C20H28N2O2. The van der Waals surface area contributed by atoms with E-state index in [0.29, 0.717) is 23.6 Å². The van der Waals surface area contributed by atoms with E-state index in [1.165, 1.54) is 19.3 Å². The lowest BCUT2D eigenvalue weighted by molar-refractivity contribution is -0.139. The zero-order chi connectivity index (χ0) is 16.9. The van der Waals surface area contributed by atoms with Gasteiger partial charge in [-0.25, -0.2) is 0 Å². The van der Waals surface area contributed by atoms with E-state index in [4.69, 9.17) is 15.5 Å². The lowest BCUT2D eigenvalue weighted by atomic mass is 9.52. The number of nitrogens with two attached hydrogens (primary N) is 1. The van der Waals surface area contributed by atoms with Crippen molar-refractivity contribution in [3.63, 3.8) is 0 Å². The van der Waals surface area contributed by atoms with Crippen molar-refractivity contribution in [2.75, 3.05) is 0 Å². The van der Waals surface area contributed by atoms with Crippen molar-refractivity contribution >= 4 is 5.84 Å². The third-order valence-electron chi connectivity index (χ3n) is 6.23. The smallest absolute Gasteiger partial charge is 0.160 e. The number of para-hydroxylation sites is 1. The van der Waals surface area contributed by atoms with Crippen LogP contribution in [0, 0.1) is 17.8 Å². The summed E-state index contributed by atoms with van der Waals surface area (Å²) in [5.41, 5.74) is 5.01. The second kappa shape index (κ2) is 5.48. The maximum atomic E-state index is 11.2. The number of aliphatic imine (C=N–C) groups is 1. The molecule has 1 aromatic carbocycles. The van der Waals surface area contributed by atoms with Gasteiger partial charge in [-0.2, -0.15) is 0 Å². The molecule has 0 aromatic heterocycles. The molecular weight excluding hydrogens is 300 g/mol. The highest BCUT2D eigenvalue weighted by atomic mass is 16.5. The van der Waals surface area contributed by atoms with Gasteiger partial charge < -0.3 is 15.6 Å². The highest BCUT2D eigenvalue weighted by molar-refractivity contribution is 5.88. The summed E-state index contributed by atoms with van der Waals surface area (Å²) in [7, 11) is 0. The van der Waals surface area contributed by atoms with Crippen molar-refractivity contribution in [3.8, 4) is 5.75 Å². The van der Waals surface area contributed by atoms with Gasteiger partial charge in [0.25, 0.3) is 0 Å². The molecule has 0 aliphatic heterocycles. The van der Waals surface area contributed by atoms with Crippen LogP contribution in [0.3, 0.4) is 0 Å². The molecule has 0 radical (unpaired) electrons. The first-order valence-corrected chi connectivity index (χ1v) is 9.16. The maximum Gasteiger partial charge on any atom is 0.160 e. The molecule has 3 unspecified atom stereocenters. The monoisotopic (exact) mass is 328 g/mol. The predicted molar refractivity (Wildman–Crippen MR) is 95.1 cm³/mol. The Balaban J connectivity index is 1.56. The van der Waals surface area contributed by atoms with Gasteiger partial charge in [-0.3, -0.25) is 4.99 Å². The first kappa shape index (κ1) is 15.9. The molecule has 1 aromatic rings. The Hall–Kier alpha value is -1.55. The zero-order valence-electron chi connectivity index (χ0n) is 14.6. The van der Waals surface area contributed by atoms with E-state index in [0.717, 1.165) is 18.6 Å². The summed E-state index contributed by atoms with van der Waals surface area (Å²) >= 11 is 0. The number of hydrogen-bond acceptors (Lipinski definition) is 3. The van der Waals surface area contributed by atoms with Crippen molar-refractivity contribution in [1.82, 2.24) is 0 Å². The number of benzene rings is 1. The summed E-state index contributed by atoms with van der Waals surface area (Å²) in [6.07, 6.45) is 5.47. The van der Waals surface area contributed by atoms with Crippen LogP contribution in [0.15, 0.2) is 35.3 Å². The molecule has 0 amide bonds. The van der Waals surface area contributed by atoms with Crippen LogP contribution in [0.5, 0.6) is 5.75 Å². The first-order valence-electron chi connectivity index (χ1n) is 9.16. The van der Waals surface area contributed by atoms with E-state index in [2.05, 4.69) is 0 Å². The molecule has 4 heteroatoms. The summed E-state index contributed by atoms with van der Waals surface area (Å²) in [5.74, 6) is 3.12. The van der Waals surface area contributed by atoms with E-state index in [1.807, 2.05) is 44.2 Å². The van der Waals surface area contributed by atoms with Crippen LogP contribution >= 0.6 is 0 Å². The van der Waals surface area contributed by atoms with Crippen molar-refractivity contribution in [2.45, 2.75) is 63.2 Å². The van der Waals surface area contributed by atoms with Crippen molar-refractivity contribution in [1.29, 1.82) is 0 Å². The van der Waals surface area contributed by atoms with Gasteiger partial charge in [0, 0.05) is 0 Å². The largest absolute Gasteiger partial charge is 0.480 e. The molecule has 4 bridgehead atoms. The van der Waals surface area contributed by atoms with Gasteiger partial charge in [-0.1, -0.05) is 18.2 Å². The molecule has 0 spiro atoms. The molecule has 0 heterocycles. The fourth-order valence-corrected chi connectivity index (χ4v) is 5.34. The van der Waals surface area contributed by atoms with Crippen LogP contribution < -0.4 is 10.5 Å². The van der Waals surface area contributed by atoms with Gasteiger partial charge in [0.05, 0.1) is 11.6 Å². The summed E-state index contributed by atoms with van der Waals surface area (Å²) in [5, 5.41) is 11.2. The van der Waals surface area contributed by atoms with Crippen LogP contribution in [-0.4, -0.2) is 28.2 Å². The summed E-state index contributed by atoms with van der Waals surface area (Å²) in [4.78, 5) is 4.83. The van der Waals surface area contributed by atoms with Crippen LogP contribution in [0.2, 0.25) is 0 Å². The van der Waals surface area contributed by atoms with E-state index in [1.54, 1.807) is 0 Å². The summed E-state index contributed by atoms with van der Waals surface area (Å²) in [6, 6.07) is 9.63. The summed E-state index contributed by atoms with van der Waals surface area (Å²) < 4.78 is 6.05. The Morgan fingerprint density at radius 1 is 1.17 bits per heavy atom. The Morgan fingerprint density at radius 2 is 1.79 bits per heavy atom. The van der Waals surface area contributed by atoms with Gasteiger partial charge in [0.1, 0.15) is 11.6 Å². The third kappa shape index (κ3) is 2.71. The van der Waals surface area contributed by atoms with Crippen LogP contribution in [0.25, 0.3) is 0 Å². The van der Waals surface area contributed by atoms with E-state index in [9.17, 15) is 5.11 Å². The summed E-state index contributed by atoms with van der Waals surface area (Å²) in [6.45, 7) is 3.89. The van der Waals surface area contributed by atoms with Gasteiger partial charge >= 0.3 is 0 Å². The molecule has 4 saturated carbocycles. The zero-order valence-corrected chi connectivity index (χ0v) is 14.6. The topological polar surface area (TPSA) is 67.8 Å². The predicted octanol–water partition coefficient (Wildman–Crippen LogP) is 3.14. The number of hydrogen-bond donors (Lipinski definition) is 2. The van der Waals surface area contributed by atoms with E-state index < -0.39 is 11.2 Å². The van der Waals surface area contributed by atoms with Gasteiger partial charge in [-0.15, -0.1) is 0 Å². The fourth-order valence-electron chi connectivity index (χ4n) is 5.34. The quantitative estimate of drug-likeness (QED) is 0.659. The fraction of sp³-hybridized carbons (Fsp3) is 0.650. The highest BCUT2D eigenvalue weighted by Crippen LogP contribution is 2.56. The average Bonchev–Trinajstić information content (AvgIpc) is 2.50. The Bertz CT molecular complexity index is 626. The molecule has 5 atom stereocenters. The normalized spacial score (nSPS) is 38.4. The van der Waals surface area contributed by atoms with Crippen LogP contribution in [-0.2, 0) is 0 Å². The molecule has 130 valence electrons. The average molecular weight is 328 g/mol. The minimum atomic E-state index is -0.688. The molecule has 3 N–H and O–H groups in total. The molecule has 0 saturated heterocycles.